The van der Waals surface area contributed by atoms with Crippen LogP contribution >= 0.6 is 0 Å². The number of nitrogens with zero attached hydrogens (tertiary/aromatic N) is 1. The van der Waals surface area contributed by atoms with Crippen molar-refractivity contribution in [3.05, 3.63) is 35.9 Å². The van der Waals surface area contributed by atoms with E-state index in [1.807, 2.05) is 19.1 Å². The highest BCUT2D eigenvalue weighted by Crippen LogP contribution is 2.38. The second-order valence-corrected chi connectivity index (χ2v) is 5.36. The minimum absolute atomic E-state index is 0.157. The molecule has 2 N–H and O–H groups in total. The van der Waals surface area contributed by atoms with Crippen molar-refractivity contribution < 1.29 is 9.84 Å². The van der Waals surface area contributed by atoms with Crippen molar-refractivity contribution in [3.8, 4) is 11.5 Å². The maximum absolute atomic E-state index is 10.4. The van der Waals surface area contributed by atoms with E-state index in [-0.39, 0.29) is 11.8 Å². The predicted molar refractivity (Wildman–Crippen MR) is 81.3 cm³/mol. The molecule has 0 bridgehead atoms. The van der Waals surface area contributed by atoms with E-state index in [2.05, 4.69) is 16.8 Å². The third kappa shape index (κ3) is 3.32. The zero-order valence-corrected chi connectivity index (χ0v) is 12.4. The van der Waals surface area contributed by atoms with E-state index < -0.39 is 0 Å². The summed E-state index contributed by atoms with van der Waals surface area (Å²) in [6, 6.07) is 5.85. The van der Waals surface area contributed by atoms with E-state index >= 15 is 0 Å². The number of hydrogen-bond acceptors (Lipinski definition) is 4. The van der Waals surface area contributed by atoms with Crippen LogP contribution in [0, 0.1) is 0 Å². The van der Waals surface area contributed by atoms with Gasteiger partial charge in [-0.05, 0) is 19.4 Å². The van der Waals surface area contributed by atoms with Crippen molar-refractivity contribution >= 4 is 0 Å². The Kier molecular flexibility index (Phi) is 5.04. The third-order valence-corrected chi connectivity index (χ3v) is 3.74. The summed E-state index contributed by atoms with van der Waals surface area (Å²) < 4.78 is 5.22. The molecule has 1 aliphatic heterocycles. The zero-order valence-electron chi connectivity index (χ0n) is 12.4. The van der Waals surface area contributed by atoms with Gasteiger partial charge < -0.3 is 15.2 Å². The lowest BCUT2D eigenvalue weighted by atomic mass is 9.96. The first-order valence-corrected chi connectivity index (χ1v) is 7.08. The van der Waals surface area contributed by atoms with E-state index in [0.29, 0.717) is 5.75 Å². The van der Waals surface area contributed by atoms with Crippen LogP contribution < -0.4 is 10.1 Å². The van der Waals surface area contributed by atoms with Crippen LogP contribution in [0.4, 0.5) is 0 Å². The number of rotatable bonds is 5. The monoisotopic (exact) mass is 276 g/mol. The van der Waals surface area contributed by atoms with Crippen LogP contribution in [-0.2, 0) is 0 Å². The Bertz CT molecular complexity index is 468. The molecule has 0 spiro atoms. The van der Waals surface area contributed by atoms with Crippen molar-refractivity contribution in [1.82, 2.24) is 10.2 Å². The number of piperazine rings is 1. The number of phenolic OH excluding ortho intramolecular Hbond substituents is 1. The molecule has 0 radical (unpaired) electrons. The van der Waals surface area contributed by atoms with Crippen LogP contribution in [0.5, 0.6) is 11.5 Å². The molecule has 0 aromatic heterocycles. The summed E-state index contributed by atoms with van der Waals surface area (Å²) in [5.74, 6) is 0.782. The fraction of sp³-hybridized carbons (Fsp3) is 0.500. The summed E-state index contributed by atoms with van der Waals surface area (Å²) in [7, 11) is 1.58. The molecule has 0 saturated carbocycles. The first-order chi connectivity index (χ1) is 9.63. The number of ether oxygens (including phenoxy) is 1. The highest BCUT2D eigenvalue weighted by Gasteiger charge is 2.25. The van der Waals surface area contributed by atoms with Gasteiger partial charge in [0.25, 0.3) is 0 Å². The van der Waals surface area contributed by atoms with Crippen molar-refractivity contribution in [2.45, 2.75) is 19.4 Å². The maximum Gasteiger partial charge on any atom is 0.162 e. The van der Waals surface area contributed by atoms with Gasteiger partial charge in [-0.3, -0.25) is 4.90 Å². The Hall–Kier alpha value is -1.52. The van der Waals surface area contributed by atoms with Crippen molar-refractivity contribution in [2.24, 2.45) is 0 Å². The Labute approximate surface area is 121 Å². The molecule has 1 aromatic carbocycles. The summed E-state index contributed by atoms with van der Waals surface area (Å²) in [6.45, 7) is 10.00. The molecule has 2 rings (SSSR count). The lowest BCUT2D eigenvalue weighted by Crippen LogP contribution is -2.45. The average molecular weight is 276 g/mol. The highest BCUT2D eigenvalue weighted by atomic mass is 16.5. The van der Waals surface area contributed by atoms with Gasteiger partial charge in [-0.25, -0.2) is 0 Å². The molecule has 1 fully saturated rings. The number of benzene rings is 1. The number of methoxy groups -OCH3 is 1. The van der Waals surface area contributed by atoms with Crippen LogP contribution in [0.15, 0.2) is 30.4 Å². The fourth-order valence-corrected chi connectivity index (χ4v) is 2.73. The molecule has 4 nitrogen and oxygen atoms in total. The van der Waals surface area contributed by atoms with E-state index in [1.54, 1.807) is 13.2 Å². The van der Waals surface area contributed by atoms with Gasteiger partial charge in [0.2, 0.25) is 0 Å². The lowest BCUT2D eigenvalue weighted by molar-refractivity contribution is 0.169. The minimum Gasteiger partial charge on any atom is -0.504 e. The van der Waals surface area contributed by atoms with E-state index in [4.69, 9.17) is 4.74 Å². The number of hydrogen-bond donors (Lipinski definition) is 2. The standard InChI is InChI=1S/C16H24N2O2/c1-12(2)11-14(18-9-7-17-8-10-18)13-5-4-6-15(20-3)16(13)19/h4-6,14,17,19H,1,7-11H2,2-3H3/t14-/m1/s1. The van der Waals surface area contributed by atoms with E-state index in [0.717, 1.165) is 43.7 Å². The Morgan fingerprint density at radius 1 is 1.45 bits per heavy atom. The van der Waals surface area contributed by atoms with Gasteiger partial charge in [-0.1, -0.05) is 17.7 Å². The molecule has 1 heterocycles. The highest BCUT2D eigenvalue weighted by molar-refractivity contribution is 5.47. The Morgan fingerprint density at radius 3 is 2.75 bits per heavy atom. The van der Waals surface area contributed by atoms with Crippen LogP contribution in [0.2, 0.25) is 0 Å². The topological polar surface area (TPSA) is 44.7 Å². The minimum atomic E-state index is 0.157. The van der Waals surface area contributed by atoms with Gasteiger partial charge in [-0.15, -0.1) is 6.58 Å². The van der Waals surface area contributed by atoms with Crippen LogP contribution in [0.1, 0.15) is 24.9 Å². The largest absolute Gasteiger partial charge is 0.504 e. The van der Waals surface area contributed by atoms with Gasteiger partial charge >= 0.3 is 0 Å². The van der Waals surface area contributed by atoms with Crippen LogP contribution in [0.25, 0.3) is 0 Å². The zero-order chi connectivity index (χ0) is 14.5. The second kappa shape index (κ2) is 6.77. The summed E-state index contributed by atoms with van der Waals surface area (Å²) in [6.07, 6.45) is 0.848. The number of phenols is 1. The third-order valence-electron chi connectivity index (χ3n) is 3.74. The fourth-order valence-electron chi connectivity index (χ4n) is 2.73. The summed E-state index contributed by atoms with van der Waals surface area (Å²) in [5, 5.41) is 13.8. The molecule has 1 atom stereocenters. The van der Waals surface area contributed by atoms with Crippen molar-refractivity contribution in [1.29, 1.82) is 0 Å². The molecule has 20 heavy (non-hydrogen) atoms. The molecule has 1 saturated heterocycles. The molecular weight excluding hydrogens is 252 g/mol. The molecule has 1 aliphatic rings. The second-order valence-electron chi connectivity index (χ2n) is 5.36. The maximum atomic E-state index is 10.4. The van der Waals surface area contributed by atoms with Gasteiger partial charge in [0.15, 0.2) is 11.5 Å². The Balaban J connectivity index is 2.32. The first kappa shape index (κ1) is 14.9. The molecule has 110 valence electrons. The Morgan fingerprint density at radius 2 is 2.15 bits per heavy atom. The van der Waals surface area contributed by atoms with Gasteiger partial charge in [0.05, 0.1) is 7.11 Å². The molecule has 1 aromatic rings. The number of para-hydroxylation sites is 1. The van der Waals surface area contributed by atoms with Gasteiger partial charge in [-0.2, -0.15) is 0 Å². The average Bonchev–Trinajstić information content (AvgIpc) is 2.46. The van der Waals surface area contributed by atoms with E-state index in [9.17, 15) is 5.11 Å². The molecule has 0 aliphatic carbocycles. The molecule has 0 amide bonds. The quantitative estimate of drug-likeness (QED) is 0.810. The smallest absolute Gasteiger partial charge is 0.162 e. The molecule has 4 heteroatoms. The van der Waals surface area contributed by atoms with Gasteiger partial charge in [0.1, 0.15) is 0 Å². The van der Waals surface area contributed by atoms with Crippen molar-refractivity contribution in [3.63, 3.8) is 0 Å². The van der Waals surface area contributed by atoms with Crippen LogP contribution in [-0.4, -0.2) is 43.3 Å². The van der Waals surface area contributed by atoms with Crippen LogP contribution in [0.3, 0.4) is 0 Å². The molecule has 0 unspecified atom stereocenters. The normalized spacial score (nSPS) is 17.7. The van der Waals surface area contributed by atoms with Gasteiger partial charge in [0, 0.05) is 37.8 Å². The van der Waals surface area contributed by atoms with E-state index in [1.165, 1.54) is 0 Å². The first-order valence-electron chi connectivity index (χ1n) is 7.08. The van der Waals surface area contributed by atoms with Crippen molar-refractivity contribution in [2.75, 3.05) is 33.3 Å². The molecular formula is C16H24N2O2. The summed E-state index contributed by atoms with van der Waals surface area (Å²) >= 11 is 0. The lowest BCUT2D eigenvalue weighted by Gasteiger charge is -2.35. The SMILES string of the molecule is C=C(C)C[C@H](c1cccc(OC)c1O)N1CCNCC1. The predicted octanol–water partition coefficient (Wildman–Crippen LogP) is 2.31. The number of nitrogens with one attached hydrogen (secondary N) is 1. The summed E-state index contributed by atoms with van der Waals surface area (Å²) in [5.41, 5.74) is 2.05. The summed E-state index contributed by atoms with van der Waals surface area (Å²) in [4.78, 5) is 2.40. The number of aromatic hydroxyl groups is 1.